The summed E-state index contributed by atoms with van der Waals surface area (Å²) in [5, 5.41) is 2.73. The second kappa shape index (κ2) is 8.66. The smallest absolute Gasteiger partial charge is 0.221 e. The molecule has 8 unspecified atom stereocenters. The lowest BCUT2D eigenvalue weighted by molar-refractivity contribution is -0.166. The molecule has 0 aromatic heterocycles. The van der Waals surface area contributed by atoms with Crippen LogP contribution in [0, 0.1) is 46.3 Å². The van der Waals surface area contributed by atoms with Crippen LogP contribution in [0.25, 0.3) is 0 Å². The number of nitrogens with one attached hydrogen (secondary N) is 1. The van der Waals surface area contributed by atoms with E-state index in [0.717, 1.165) is 25.7 Å². The van der Waals surface area contributed by atoms with E-state index in [1.165, 1.54) is 0 Å². The van der Waals surface area contributed by atoms with E-state index in [-0.39, 0.29) is 59.3 Å². The molecule has 8 atom stereocenters. The normalized spacial score (nSPS) is 42.1. The first-order chi connectivity index (χ1) is 15.1. The third kappa shape index (κ3) is 3.66. The molecule has 6 nitrogen and oxygen atoms in total. The molecule has 0 radical (unpaired) electrons. The van der Waals surface area contributed by atoms with Gasteiger partial charge >= 0.3 is 0 Å². The van der Waals surface area contributed by atoms with E-state index in [4.69, 9.17) is 4.74 Å². The van der Waals surface area contributed by atoms with Crippen LogP contribution in [0.15, 0.2) is 0 Å². The highest BCUT2D eigenvalue weighted by Crippen LogP contribution is 2.66. The van der Waals surface area contributed by atoms with Crippen molar-refractivity contribution in [2.75, 3.05) is 13.8 Å². The van der Waals surface area contributed by atoms with Gasteiger partial charge in [-0.05, 0) is 60.7 Å². The van der Waals surface area contributed by atoms with Crippen LogP contribution in [-0.4, -0.2) is 37.1 Å². The van der Waals surface area contributed by atoms with Gasteiger partial charge in [-0.25, -0.2) is 0 Å². The molecule has 178 valence electrons. The SMILES string of the molecule is COCNC(=O)CCC(C)C1CCC2C3C(=O)CC4CC(=O)CCC4(C)C3CC(=O)C12C. The number of hydrogen-bond acceptors (Lipinski definition) is 5. The monoisotopic (exact) mass is 445 g/mol. The van der Waals surface area contributed by atoms with E-state index in [1.807, 2.05) is 0 Å². The molecule has 32 heavy (non-hydrogen) atoms. The van der Waals surface area contributed by atoms with Gasteiger partial charge in [0.2, 0.25) is 5.91 Å². The number of amides is 1. The van der Waals surface area contributed by atoms with E-state index in [2.05, 4.69) is 26.1 Å². The Balaban J connectivity index is 1.53. The minimum atomic E-state index is -0.479. The summed E-state index contributed by atoms with van der Waals surface area (Å²) in [7, 11) is 1.55. The molecule has 0 bridgehead atoms. The van der Waals surface area contributed by atoms with Gasteiger partial charge in [0, 0.05) is 50.5 Å². The minimum absolute atomic E-state index is 0.0262. The standard InChI is InChI=1S/C26H39NO5/c1-15(5-8-23(31)27-14-32-4)18-6-7-19-24-20(13-22(30)26(18,19)3)25(2)10-9-17(28)11-16(25)12-21(24)29/h15-16,18-20,24H,5-14H2,1-4H3,(H,27,31). The molecule has 1 amide bonds. The third-order valence-electron chi connectivity index (χ3n) is 10.1. The second-order valence-electron chi connectivity index (χ2n) is 11.5. The Kier molecular flexibility index (Phi) is 6.38. The van der Waals surface area contributed by atoms with Crippen molar-refractivity contribution in [1.82, 2.24) is 5.32 Å². The fraction of sp³-hybridized carbons (Fsp3) is 0.846. The first-order valence-electron chi connectivity index (χ1n) is 12.5. The average Bonchev–Trinajstić information content (AvgIpc) is 3.11. The fourth-order valence-corrected chi connectivity index (χ4v) is 8.19. The molecule has 4 aliphatic carbocycles. The van der Waals surface area contributed by atoms with Gasteiger partial charge in [0.1, 0.15) is 24.1 Å². The number of methoxy groups -OCH3 is 1. The number of rotatable bonds is 6. The first-order valence-corrected chi connectivity index (χ1v) is 12.5. The lowest BCUT2D eigenvalue weighted by atomic mass is 9.44. The van der Waals surface area contributed by atoms with Crippen molar-refractivity contribution in [2.45, 2.75) is 78.6 Å². The Morgan fingerprint density at radius 3 is 2.59 bits per heavy atom. The van der Waals surface area contributed by atoms with Crippen molar-refractivity contribution in [3.8, 4) is 0 Å². The van der Waals surface area contributed by atoms with E-state index in [0.29, 0.717) is 43.7 Å². The van der Waals surface area contributed by atoms with Crippen molar-refractivity contribution >= 4 is 23.3 Å². The third-order valence-corrected chi connectivity index (χ3v) is 10.1. The maximum absolute atomic E-state index is 13.8. The van der Waals surface area contributed by atoms with Crippen LogP contribution < -0.4 is 5.32 Å². The van der Waals surface area contributed by atoms with Crippen LogP contribution in [0.4, 0.5) is 0 Å². The minimum Gasteiger partial charge on any atom is -0.364 e. The van der Waals surface area contributed by atoms with Crippen LogP contribution in [0.1, 0.15) is 78.6 Å². The molecule has 4 fully saturated rings. The molecule has 0 saturated heterocycles. The molecular formula is C26H39NO5. The quantitative estimate of drug-likeness (QED) is 0.630. The van der Waals surface area contributed by atoms with Gasteiger partial charge in [-0.1, -0.05) is 20.8 Å². The average molecular weight is 446 g/mol. The van der Waals surface area contributed by atoms with Crippen molar-refractivity contribution in [2.24, 2.45) is 46.3 Å². The zero-order valence-electron chi connectivity index (χ0n) is 20.1. The summed E-state index contributed by atoms with van der Waals surface area (Å²) in [4.78, 5) is 51.3. The maximum Gasteiger partial charge on any atom is 0.221 e. The molecule has 4 saturated carbocycles. The molecule has 1 N–H and O–H groups in total. The summed E-state index contributed by atoms with van der Waals surface area (Å²) in [6.45, 7) is 6.73. The molecule has 0 aliphatic heterocycles. The van der Waals surface area contributed by atoms with Crippen LogP contribution in [-0.2, 0) is 23.9 Å². The van der Waals surface area contributed by atoms with Crippen molar-refractivity contribution in [1.29, 1.82) is 0 Å². The molecule has 0 spiro atoms. The molecule has 0 heterocycles. The van der Waals surface area contributed by atoms with Gasteiger partial charge in [0.05, 0.1) is 0 Å². The molecule has 4 aliphatic rings. The maximum atomic E-state index is 13.8. The van der Waals surface area contributed by atoms with Crippen molar-refractivity contribution in [3.05, 3.63) is 0 Å². The van der Waals surface area contributed by atoms with Gasteiger partial charge in [0.15, 0.2) is 0 Å². The number of ketones is 3. The van der Waals surface area contributed by atoms with Crippen LogP contribution in [0.5, 0.6) is 0 Å². The van der Waals surface area contributed by atoms with E-state index in [1.54, 1.807) is 7.11 Å². The van der Waals surface area contributed by atoms with E-state index in [9.17, 15) is 19.2 Å². The molecule has 6 heteroatoms. The Hall–Kier alpha value is -1.56. The van der Waals surface area contributed by atoms with Gasteiger partial charge < -0.3 is 10.1 Å². The highest BCUT2D eigenvalue weighted by molar-refractivity contribution is 5.93. The number of carbonyl (C=O) groups excluding carboxylic acids is 4. The zero-order valence-corrected chi connectivity index (χ0v) is 20.1. The largest absolute Gasteiger partial charge is 0.364 e. The van der Waals surface area contributed by atoms with Gasteiger partial charge in [-0.3, -0.25) is 19.2 Å². The zero-order chi connectivity index (χ0) is 23.3. The summed E-state index contributed by atoms with van der Waals surface area (Å²) in [6, 6.07) is 0. The Bertz CT molecular complexity index is 808. The highest BCUT2D eigenvalue weighted by atomic mass is 16.5. The topological polar surface area (TPSA) is 89.5 Å². The second-order valence-corrected chi connectivity index (χ2v) is 11.5. The lowest BCUT2D eigenvalue weighted by Crippen LogP contribution is -2.60. The predicted octanol–water partition coefficient (Wildman–Crippen LogP) is 3.71. The molecule has 0 aromatic rings. The van der Waals surface area contributed by atoms with E-state index >= 15 is 0 Å². The lowest BCUT2D eigenvalue weighted by Gasteiger charge is -2.58. The number of carbonyl (C=O) groups is 4. The number of hydrogen-bond donors (Lipinski definition) is 1. The fourth-order valence-electron chi connectivity index (χ4n) is 8.19. The summed E-state index contributed by atoms with van der Waals surface area (Å²) in [5.41, 5.74) is -0.556. The molecular weight excluding hydrogens is 406 g/mol. The van der Waals surface area contributed by atoms with Crippen LogP contribution >= 0.6 is 0 Å². The number of Topliss-reactive ketones (excluding diaryl/α,β-unsaturated/α-hetero) is 3. The van der Waals surface area contributed by atoms with Crippen LogP contribution in [0.3, 0.4) is 0 Å². The number of ether oxygens (including phenoxy) is 1. The predicted molar refractivity (Wildman–Crippen MR) is 119 cm³/mol. The Morgan fingerprint density at radius 1 is 1.12 bits per heavy atom. The van der Waals surface area contributed by atoms with E-state index < -0.39 is 5.41 Å². The highest BCUT2D eigenvalue weighted by Gasteiger charge is 2.66. The number of fused-ring (bicyclic) bond motifs is 5. The van der Waals surface area contributed by atoms with Crippen LogP contribution in [0.2, 0.25) is 0 Å². The van der Waals surface area contributed by atoms with Gasteiger partial charge in [-0.15, -0.1) is 0 Å². The van der Waals surface area contributed by atoms with Gasteiger partial charge in [0.25, 0.3) is 0 Å². The molecule has 0 aromatic carbocycles. The summed E-state index contributed by atoms with van der Waals surface area (Å²) < 4.78 is 4.90. The van der Waals surface area contributed by atoms with Crippen molar-refractivity contribution < 1.29 is 23.9 Å². The first kappa shape index (κ1) is 23.6. The van der Waals surface area contributed by atoms with Gasteiger partial charge in [-0.2, -0.15) is 0 Å². The Morgan fingerprint density at radius 2 is 1.88 bits per heavy atom. The van der Waals surface area contributed by atoms with Crippen molar-refractivity contribution in [3.63, 3.8) is 0 Å². The summed E-state index contributed by atoms with van der Waals surface area (Å²) in [6.07, 6.45) is 5.92. The summed E-state index contributed by atoms with van der Waals surface area (Å²) in [5.74, 6) is 1.56. The summed E-state index contributed by atoms with van der Waals surface area (Å²) >= 11 is 0. The Labute approximate surface area is 191 Å². The molecule has 4 rings (SSSR count).